The molecule has 0 saturated heterocycles. The van der Waals surface area contributed by atoms with E-state index in [2.05, 4.69) is 20.0 Å². The lowest BCUT2D eigenvalue weighted by Crippen LogP contribution is -2.24. The number of aromatic nitrogens is 1. The minimum atomic E-state index is -4.79. The number of ether oxygens (including phenoxy) is 2. The molecule has 0 spiro atoms. The number of benzene rings is 2. The van der Waals surface area contributed by atoms with Crippen LogP contribution in [0, 0.1) is 0 Å². The van der Waals surface area contributed by atoms with E-state index < -0.39 is 6.36 Å². The van der Waals surface area contributed by atoms with E-state index in [1.807, 2.05) is 24.4 Å². The number of nitrogens with one attached hydrogen (secondary N) is 2. The van der Waals surface area contributed by atoms with Gasteiger partial charge in [0.15, 0.2) is 11.7 Å². The molecule has 28 heavy (non-hydrogen) atoms. The van der Waals surface area contributed by atoms with Crippen molar-refractivity contribution in [3.05, 3.63) is 54.2 Å². The minimum Gasteiger partial charge on any atom is -0.496 e. The van der Waals surface area contributed by atoms with Gasteiger partial charge >= 0.3 is 6.36 Å². The molecule has 0 bridgehead atoms. The van der Waals surface area contributed by atoms with Crippen LogP contribution in [-0.4, -0.2) is 31.0 Å². The van der Waals surface area contributed by atoms with Crippen molar-refractivity contribution in [2.24, 2.45) is 10.7 Å². The molecule has 0 fully saturated rings. The van der Waals surface area contributed by atoms with E-state index in [1.54, 1.807) is 13.2 Å². The van der Waals surface area contributed by atoms with Gasteiger partial charge < -0.3 is 25.5 Å². The topological polar surface area (TPSA) is 84.7 Å². The normalized spacial score (nSPS) is 12.2. The first kappa shape index (κ1) is 19.4. The van der Waals surface area contributed by atoms with E-state index in [0.717, 1.165) is 22.2 Å². The summed E-state index contributed by atoms with van der Waals surface area (Å²) in [6.07, 6.45) is -2.35. The van der Waals surface area contributed by atoms with Crippen LogP contribution in [0.1, 0.15) is 5.56 Å². The van der Waals surface area contributed by atoms with Gasteiger partial charge in [0.2, 0.25) is 0 Å². The number of nitrogens with two attached hydrogens (primary N) is 1. The monoisotopic (exact) mass is 392 g/mol. The zero-order valence-electron chi connectivity index (χ0n) is 15.0. The first-order chi connectivity index (χ1) is 13.4. The average Bonchev–Trinajstić information content (AvgIpc) is 3.05. The standard InChI is InChI=1S/C19H19F3N4O2/c1-27-16-8-4-6-14-17(16)12(11-25-14)9-10-24-18(23)26-13-5-2-3-7-15(13)28-19(20,21)22/h2-8,11,25H,9-10H2,1H3,(H3,23,24,26). The largest absolute Gasteiger partial charge is 0.573 e. The van der Waals surface area contributed by atoms with Crippen molar-refractivity contribution in [3.8, 4) is 11.5 Å². The maximum Gasteiger partial charge on any atom is 0.573 e. The molecule has 2 aromatic carbocycles. The third-order valence-electron chi connectivity index (χ3n) is 4.01. The molecule has 9 heteroatoms. The van der Waals surface area contributed by atoms with Crippen molar-refractivity contribution in [2.45, 2.75) is 12.8 Å². The van der Waals surface area contributed by atoms with Crippen LogP contribution in [0.25, 0.3) is 10.9 Å². The maximum absolute atomic E-state index is 12.5. The lowest BCUT2D eigenvalue weighted by Gasteiger charge is -2.14. The van der Waals surface area contributed by atoms with Gasteiger partial charge in [-0.1, -0.05) is 18.2 Å². The third kappa shape index (κ3) is 4.67. The van der Waals surface area contributed by atoms with Gasteiger partial charge in [0, 0.05) is 23.6 Å². The number of methoxy groups -OCH3 is 1. The van der Waals surface area contributed by atoms with Gasteiger partial charge in [0.05, 0.1) is 12.8 Å². The molecule has 4 N–H and O–H groups in total. The summed E-state index contributed by atoms with van der Waals surface area (Å²) in [5.41, 5.74) is 7.85. The SMILES string of the molecule is COc1cccc2[nH]cc(CCN=C(N)Nc3ccccc3OC(F)(F)F)c12. The molecular weight excluding hydrogens is 373 g/mol. The number of aromatic amines is 1. The number of anilines is 1. The predicted octanol–water partition coefficient (Wildman–Crippen LogP) is 4.04. The van der Waals surface area contributed by atoms with E-state index in [1.165, 1.54) is 18.2 Å². The van der Waals surface area contributed by atoms with Gasteiger partial charge in [-0.3, -0.25) is 4.99 Å². The van der Waals surface area contributed by atoms with E-state index in [-0.39, 0.29) is 17.4 Å². The van der Waals surface area contributed by atoms with Crippen LogP contribution in [0.3, 0.4) is 0 Å². The van der Waals surface area contributed by atoms with Crippen LogP contribution in [0.4, 0.5) is 18.9 Å². The first-order valence-electron chi connectivity index (χ1n) is 8.42. The lowest BCUT2D eigenvalue weighted by atomic mass is 10.1. The molecule has 1 heterocycles. The number of aliphatic imine (C=N–C) groups is 1. The fourth-order valence-electron chi connectivity index (χ4n) is 2.84. The number of hydrogen-bond acceptors (Lipinski definition) is 3. The first-order valence-corrected chi connectivity index (χ1v) is 8.42. The van der Waals surface area contributed by atoms with Crippen molar-refractivity contribution in [1.29, 1.82) is 0 Å². The number of hydrogen-bond donors (Lipinski definition) is 3. The summed E-state index contributed by atoms with van der Waals surface area (Å²) in [6, 6.07) is 11.3. The Kier molecular flexibility index (Phi) is 5.62. The Hall–Kier alpha value is -3.36. The Morgan fingerprint density at radius 1 is 1.14 bits per heavy atom. The summed E-state index contributed by atoms with van der Waals surface area (Å²) < 4.78 is 46.8. The third-order valence-corrected chi connectivity index (χ3v) is 4.01. The van der Waals surface area contributed by atoms with Crippen molar-refractivity contribution in [2.75, 3.05) is 19.0 Å². The van der Waals surface area contributed by atoms with Crippen molar-refractivity contribution in [3.63, 3.8) is 0 Å². The molecule has 0 amide bonds. The molecule has 3 aromatic rings. The highest BCUT2D eigenvalue weighted by Gasteiger charge is 2.32. The molecule has 0 radical (unpaired) electrons. The molecule has 3 rings (SSSR count). The van der Waals surface area contributed by atoms with Gasteiger partial charge in [0.1, 0.15) is 5.75 Å². The van der Waals surface area contributed by atoms with Crippen LogP contribution in [0.5, 0.6) is 11.5 Å². The van der Waals surface area contributed by atoms with Crippen molar-refractivity contribution in [1.82, 2.24) is 4.98 Å². The van der Waals surface area contributed by atoms with Crippen LogP contribution >= 0.6 is 0 Å². The fraction of sp³-hybridized carbons (Fsp3) is 0.211. The summed E-state index contributed by atoms with van der Waals surface area (Å²) in [6.45, 7) is 0.339. The van der Waals surface area contributed by atoms with E-state index in [9.17, 15) is 13.2 Å². The molecular formula is C19H19F3N4O2. The second-order valence-electron chi connectivity index (χ2n) is 5.88. The molecule has 0 atom stereocenters. The van der Waals surface area contributed by atoms with Gasteiger partial charge in [-0.05, 0) is 36.2 Å². The van der Waals surface area contributed by atoms with E-state index in [4.69, 9.17) is 10.5 Å². The second kappa shape index (κ2) is 8.12. The van der Waals surface area contributed by atoms with Gasteiger partial charge in [-0.2, -0.15) is 0 Å². The van der Waals surface area contributed by atoms with Crippen LogP contribution in [-0.2, 0) is 6.42 Å². The molecule has 0 aliphatic rings. The Balaban J connectivity index is 1.68. The highest BCUT2D eigenvalue weighted by Crippen LogP contribution is 2.30. The molecule has 0 unspecified atom stereocenters. The Morgan fingerprint density at radius 3 is 2.64 bits per heavy atom. The number of nitrogens with zero attached hydrogens (tertiary/aromatic N) is 1. The van der Waals surface area contributed by atoms with Gasteiger partial charge in [0.25, 0.3) is 0 Å². The quantitative estimate of drug-likeness (QED) is 0.437. The molecule has 0 aliphatic carbocycles. The van der Waals surface area contributed by atoms with E-state index in [0.29, 0.717) is 13.0 Å². The summed E-state index contributed by atoms with van der Waals surface area (Å²) in [7, 11) is 1.60. The zero-order chi connectivity index (χ0) is 20.1. The molecule has 0 aliphatic heterocycles. The van der Waals surface area contributed by atoms with Crippen molar-refractivity contribution < 1.29 is 22.6 Å². The number of fused-ring (bicyclic) bond motifs is 1. The average molecular weight is 392 g/mol. The zero-order valence-corrected chi connectivity index (χ0v) is 15.0. The second-order valence-corrected chi connectivity index (χ2v) is 5.88. The molecule has 1 aromatic heterocycles. The Morgan fingerprint density at radius 2 is 1.89 bits per heavy atom. The predicted molar refractivity (Wildman–Crippen MR) is 102 cm³/mol. The van der Waals surface area contributed by atoms with Crippen molar-refractivity contribution >= 4 is 22.5 Å². The van der Waals surface area contributed by atoms with Gasteiger partial charge in [-0.25, -0.2) is 0 Å². The highest BCUT2D eigenvalue weighted by atomic mass is 19.4. The summed E-state index contributed by atoms with van der Waals surface area (Å²) in [5.74, 6) is 0.363. The van der Waals surface area contributed by atoms with E-state index >= 15 is 0 Å². The number of halogens is 3. The molecule has 6 nitrogen and oxygen atoms in total. The lowest BCUT2D eigenvalue weighted by molar-refractivity contribution is -0.274. The Labute approximate surface area is 159 Å². The van der Waals surface area contributed by atoms with Crippen LogP contribution in [0.15, 0.2) is 53.7 Å². The van der Waals surface area contributed by atoms with Crippen LogP contribution < -0.4 is 20.5 Å². The number of alkyl halides is 3. The van der Waals surface area contributed by atoms with Crippen LogP contribution in [0.2, 0.25) is 0 Å². The maximum atomic E-state index is 12.5. The molecule has 148 valence electrons. The number of rotatable bonds is 6. The Bertz CT molecular complexity index is 983. The fourth-order valence-corrected chi connectivity index (χ4v) is 2.84. The summed E-state index contributed by atoms with van der Waals surface area (Å²) >= 11 is 0. The highest BCUT2D eigenvalue weighted by molar-refractivity contribution is 5.93. The number of guanidine groups is 1. The van der Waals surface area contributed by atoms with Gasteiger partial charge in [-0.15, -0.1) is 13.2 Å². The number of H-pyrrole nitrogens is 1. The smallest absolute Gasteiger partial charge is 0.496 e. The number of para-hydroxylation sites is 2. The minimum absolute atomic E-state index is 0.00923. The molecule has 0 saturated carbocycles. The summed E-state index contributed by atoms with van der Waals surface area (Å²) in [4.78, 5) is 7.36. The summed E-state index contributed by atoms with van der Waals surface area (Å²) in [5, 5.41) is 3.61.